The second kappa shape index (κ2) is 16.5. The number of hydrogen-bond acceptors (Lipinski definition) is 2. The maximum Gasteiger partial charge on any atom is 0.101 e. The van der Waals surface area contributed by atoms with Crippen molar-refractivity contribution in [1.29, 1.82) is 0 Å². The Bertz CT molecular complexity index is 308. The first-order valence-electron chi connectivity index (χ1n) is 12.0. The minimum absolute atomic E-state index is 0.645. The molecule has 0 aromatic rings. The third-order valence-electron chi connectivity index (χ3n) is 5.82. The maximum absolute atomic E-state index is 2.61. The molecule has 0 fully saturated rings. The molecule has 2 nitrogen and oxygen atoms in total. The van der Waals surface area contributed by atoms with E-state index in [4.69, 9.17) is 0 Å². The molecule has 154 valence electrons. The number of unbranched alkanes of at least 4 members (excludes halogenated alkanes) is 12. The van der Waals surface area contributed by atoms with Crippen molar-refractivity contribution in [2.45, 2.75) is 130 Å². The summed E-state index contributed by atoms with van der Waals surface area (Å²) in [5.41, 5.74) is 0. The molecule has 0 atom stereocenters. The van der Waals surface area contributed by atoms with Crippen LogP contribution in [0.5, 0.6) is 0 Å². The van der Waals surface area contributed by atoms with E-state index in [0.717, 1.165) is 0 Å². The fraction of sp³-hybridized carbons (Fsp3) is 0.917. The lowest BCUT2D eigenvalue weighted by atomic mass is 10.0. The lowest BCUT2D eigenvalue weighted by Crippen LogP contribution is -2.39. The molecule has 0 aromatic heterocycles. The largest absolute Gasteiger partial charge is 0.356 e. The van der Waals surface area contributed by atoms with Crippen LogP contribution in [0.25, 0.3) is 0 Å². The van der Waals surface area contributed by atoms with Crippen molar-refractivity contribution in [3.63, 3.8) is 0 Å². The van der Waals surface area contributed by atoms with E-state index < -0.39 is 0 Å². The van der Waals surface area contributed by atoms with E-state index in [9.17, 15) is 0 Å². The van der Waals surface area contributed by atoms with Gasteiger partial charge in [-0.05, 0) is 25.7 Å². The molecule has 1 rings (SSSR count). The fourth-order valence-electron chi connectivity index (χ4n) is 4.01. The molecule has 0 spiro atoms. The van der Waals surface area contributed by atoms with Gasteiger partial charge >= 0.3 is 0 Å². The van der Waals surface area contributed by atoms with Gasteiger partial charge in [0.05, 0.1) is 0 Å². The summed E-state index contributed by atoms with van der Waals surface area (Å²) in [5.74, 6) is 0. The molecule has 1 heterocycles. The van der Waals surface area contributed by atoms with Gasteiger partial charge in [-0.15, -0.1) is 0 Å². The maximum atomic E-state index is 2.61. The third-order valence-corrected chi connectivity index (χ3v) is 5.82. The summed E-state index contributed by atoms with van der Waals surface area (Å²) in [6, 6.07) is 0. The molecule has 0 N–H and O–H groups in total. The number of nitrogens with zero attached hydrogens (tertiary/aromatic N) is 2. The Labute approximate surface area is 165 Å². The normalized spacial score (nSPS) is 14.7. The lowest BCUT2D eigenvalue weighted by molar-refractivity contribution is 0.136. The second-order valence-electron chi connectivity index (χ2n) is 8.29. The van der Waals surface area contributed by atoms with Gasteiger partial charge < -0.3 is 9.80 Å². The van der Waals surface area contributed by atoms with Crippen molar-refractivity contribution in [2.75, 3.05) is 13.1 Å². The summed E-state index contributed by atoms with van der Waals surface area (Å²) in [6.45, 7) is 9.37. The Balaban J connectivity index is 2.09. The summed E-state index contributed by atoms with van der Waals surface area (Å²) in [7, 11) is 0. The van der Waals surface area contributed by atoms with Crippen molar-refractivity contribution in [3.8, 4) is 0 Å². The highest BCUT2D eigenvalue weighted by Gasteiger charge is 2.24. The highest BCUT2D eigenvalue weighted by atomic mass is 15.4. The van der Waals surface area contributed by atoms with Gasteiger partial charge in [-0.3, -0.25) is 0 Å². The Morgan fingerprint density at radius 3 is 1.31 bits per heavy atom. The molecule has 0 saturated carbocycles. The summed E-state index contributed by atoms with van der Waals surface area (Å²) in [5, 5.41) is 0. The Morgan fingerprint density at radius 2 is 0.885 bits per heavy atom. The minimum Gasteiger partial charge on any atom is -0.356 e. The van der Waals surface area contributed by atoms with Gasteiger partial charge in [0.15, 0.2) is 0 Å². The summed E-state index contributed by atoms with van der Waals surface area (Å²) < 4.78 is 0. The van der Waals surface area contributed by atoms with Gasteiger partial charge in [-0.2, -0.15) is 0 Å². The molecule has 1 aliphatic heterocycles. The monoisotopic (exact) mass is 364 g/mol. The average molecular weight is 365 g/mol. The van der Waals surface area contributed by atoms with Crippen LogP contribution in [0.2, 0.25) is 0 Å². The first kappa shape index (κ1) is 23.4. The van der Waals surface area contributed by atoms with Crippen molar-refractivity contribution < 1.29 is 0 Å². The first-order valence-corrected chi connectivity index (χ1v) is 12.0. The summed E-state index contributed by atoms with van der Waals surface area (Å²) in [6.07, 6.45) is 27.8. The van der Waals surface area contributed by atoms with Gasteiger partial charge in [0.2, 0.25) is 0 Å². The first-order chi connectivity index (χ1) is 12.8. The molecule has 0 saturated heterocycles. The molecule has 0 radical (unpaired) electrons. The van der Waals surface area contributed by atoms with Crippen LogP contribution < -0.4 is 0 Å². The fourth-order valence-corrected chi connectivity index (χ4v) is 4.01. The summed E-state index contributed by atoms with van der Waals surface area (Å²) in [4.78, 5) is 5.21. The molecule has 0 unspecified atom stereocenters. The van der Waals surface area contributed by atoms with Crippen LogP contribution in [0.4, 0.5) is 0 Å². The summed E-state index contributed by atoms with van der Waals surface area (Å²) >= 11 is 0. The molecule has 1 aliphatic rings. The van der Waals surface area contributed by atoms with Gasteiger partial charge in [0.25, 0.3) is 0 Å². The lowest BCUT2D eigenvalue weighted by Gasteiger charge is -2.33. The zero-order valence-corrected chi connectivity index (χ0v) is 18.4. The van der Waals surface area contributed by atoms with E-state index in [2.05, 4.69) is 43.0 Å². The van der Waals surface area contributed by atoms with E-state index in [-0.39, 0.29) is 0 Å². The smallest absolute Gasteiger partial charge is 0.101 e. The zero-order chi connectivity index (χ0) is 18.9. The Kier molecular flexibility index (Phi) is 14.8. The Hall–Kier alpha value is -0.660. The molecular weight excluding hydrogens is 316 g/mol. The SMILES string of the molecule is CCCCCCCCCCCCCC1N(CCCC)C=CN1CCCC. The van der Waals surface area contributed by atoms with Crippen LogP contribution in [0.15, 0.2) is 12.4 Å². The standard InChI is InChI=1S/C24H48N2/c1-4-7-10-11-12-13-14-15-16-17-18-19-24-25(20-8-5-2)22-23-26(24)21-9-6-3/h22-24H,4-21H2,1-3H3. The Morgan fingerprint density at radius 1 is 0.500 bits per heavy atom. The molecule has 0 aliphatic carbocycles. The molecule has 26 heavy (non-hydrogen) atoms. The molecule has 0 aromatic carbocycles. The third kappa shape index (κ3) is 10.5. The van der Waals surface area contributed by atoms with Crippen LogP contribution in [0.3, 0.4) is 0 Å². The highest BCUT2D eigenvalue weighted by Crippen LogP contribution is 2.23. The van der Waals surface area contributed by atoms with E-state index in [1.54, 1.807) is 0 Å². The van der Waals surface area contributed by atoms with Crippen molar-refractivity contribution in [3.05, 3.63) is 12.4 Å². The van der Waals surface area contributed by atoms with E-state index in [0.29, 0.717) is 6.17 Å². The van der Waals surface area contributed by atoms with Gasteiger partial charge in [-0.1, -0.05) is 97.8 Å². The van der Waals surface area contributed by atoms with Crippen molar-refractivity contribution in [1.82, 2.24) is 9.80 Å². The predicted octanol–water partition coefficient (Wildman–Crippen LogP) is 7.70. The van der Waals surface area contributed by atoms with E-state index in [1.807, 2.05) is 0 Å². The molecule has 2 heteroatoms. The number of hydrogen-bond donors (Lipinski definition) is 0. The van der Waals surface area contributed by atoms with Crippen molar-refractivity contribution in [2.24, 2.45) is 0 Å². The van der Waals surface area contributed by atoms with Crippen LogP contribution in [-0.2, 0) is 0 Å². The molecule has 0 amide bonds. The zero-order valence-electron chi connectivity index (χ0n) is 18.4. The van der Waals surface area contributed by atoms with Gasteiger partial charge in [0.1, 0.15) is 6.17 Å². The quantitative estimate of drug-likeness (QED) is 0.230. The van der Waals surface area contributed by atoms with Gasteiger partial charge in [0, 0.05) is 25.5 Å². The van der Waals surface area contributed by atoms with E-state index in [1.165, 1.54) is 116 Å². The van der Waals surface area contributed by atoms with Gasteiger partial charge in [-0.25, -0.2) is 0 Å². The van der Waals surface area contributed by atoms with Crippen molar-refractivity contribution >= 4 is 0 Å². The minimum atomic E-state index is 0.645. The molecule has 0 bridgehead atoms. The van der Waals surface area contributed by atoms with Crippen LogP contribution in [0, 0.1) is 0 Å². The van der Waals surface area contributed by atoms with Crippen LogP contribution in [-0.4, -0.2) is 29.1 Å². The van der Waals surface area contributed by atoms with Crippen LogP contribution in [0.1, 0.15) is 124 Å². The van der Waals surface area contributed by atoms with E-state index >= 15 is 0 Å². The average Bonchev–Trinajstić information content (AvgIpc) is 3.04. The highest BCUT2D eigenvalue weighted by molar-refractivity contribution is 4.96. The van der Waals surface area contributed by atoms with Crippen LogP contribution >= 0.6 is 0 Å². The topological polar surface area (TPSA) is 6.48 Å². The second-order valence-corrected chi connectivity index (χ2v) is 8.29. The molecular formula is C24H48N2. The number of rotatable bonds is 18. The predicted molar refractivity (Wildman–Crippen MR) is 117 cm³/mol.